The van der Waals surface area contributed by atoms with Crippen LogP contribution < -0.4 is 9.46 Å². The smallest absolute Gasteiger partial charge is 0.240 e. The van der Waals surface area contributed by atoms with E-state index in [-0.39, 0.29) is 10.8 Å². The van der Waals surface area contributed by atoms with Crippen molar-refractivity contribution in [3.05, 3.63) is 42.2 Å². The van der Waals surface area contributed by atoms with Crippen LogP contribution in [0.2, 0.25) is 0 Å². The average molecular weight is 423 g/mol. The van der Waals surface area contributed by atoms with Crippen LogP contribution in [0.5, 0.6) is 5.75 Å². The second-order valence-corrected chi connectivity index (χ2v) is 9.39. The van der Waals surface area contributed by atoms with Crippen molar-refractivity contribution in [3.63, 3.8) is 0 Å². The van der Waals surface area contributed by atoms with Gasteiger partial charge in [0.05, 0.1) is 12.0 Å². The lowest BCUT2D eigenvalue weighted by atomic mass is 9.98. The van der Waals surface area contributed by atoms with Gasteiger partial charge in [0.15, 0.2) is 5.16 Å². The lowest BCUT2D eigenvalue weighted by molar-refractivity contribution is 0.168. The maximum Gasteiger partial charge on any atom is 0.240 e. The summed E-state index contributed by atoms with van der Waals surface area (Å²) in [4.78, 5) is 11.2. The van der Waals surface area contributed by atoms with Crippen LogP contribution in [0, 0.1) is 5.92 Å². The fraction of sp³-hybridized carbons (Fsp3) is 0.474. The van der Waals surface area contributed by atoms with E-state index in [0.717, 1.165) is 43.2 Å². The summed E-state index contributed by atoms with van der Waals surface area (Å²) in [5.74, 6) is 0.921. The minimum atomic E-state index is -3.52. The van der Waals surface area contributed by atoms with Gasteiger partial charge in [-0.25, -0.2) is 23.1 Å². The molecular formula is C19H26N4O3S2. The van der Waals surface area contributed by atoms with Gasteiger partial charge in [-0.15, -0.1) is 0 Å². The summed E-state index contributed by atoms with van der Waals surface area (Å²) in [6, 6.07) is 6.43. The third-order valence-electron chi connectivity index (χ3n) is 4.81. The van der Waals surface area contributed by atoms with Crippen molar-refractivity contribution in [2.75, 3.05) is 33.0 Å². The van der Waals surface area contributed by atoms with Crippen molar-refractivity contribution in [1.82, 2.24) is 19.6 Å². The first-order valence-electron chi connectivity index (χ1n) is 9.21. The molecule has 1 aliphatic rings. The molecule has 0 bridgehead atoms. The van der Waals surface area contributed by atoms with Crippen LogP contribution in [0.25, 0.3) is 0 Å². The predicted octanol–water partition coefficient (Wildman–Crippen LogP) is 2.40. The van der Waals surface area contributed by atoms with Crippen molar-refractivity contribution in [1.29, 1.82) is 0 Å². The molecule has 0 radical (unpaired) electrons. The molecule has 7 nitrogen and oxygen atoms in total. The zero-order valence-corrected chi connectivity index (χ0v) is 17.8. The Labute approximate surface area is 171 Å². The number of sulfonamides is 1. The highest BCUT2D eigenvalue weighted by Gasteiger charge is 2.23. The molecule has 0 aliphatic carbocycles. The van der Waals surface area contributed by atoms with Crippen molar-refractivity contribution >= 4 is 21.8 Å². The molecule has 1 unspecified atom stereocenters. The van der Waals surface area contributed by atoms with Crippen LogP contribution >= 0.6 is 11.8 Å². The fourth-order valence-corrected chi connectivity index (χ4v) is 4.75. The number of piperidine rings is 1. The van der Waals surface area contributed by atoms with E-state index in [9.17, 15) is 8.42 Å². The first kappa shape index (κ1) is 21.0. The Bertz CT molecular complexity index is 858. The van der Waals surface area contributed by atoms with Gasteiger partial charge >= 0.3 is 0 Å². The van der Waals surface area contributed by atoms with Gasteiger partial charge in [-0.1, -0.05) is 11.8 Å². The summed E-state index contributed by atoms with van der Waals surface area (Å²) in [5, 5.41) is 0.771. The number of methoxy groups -OCH3 is 1. The molecule has 1 aliphatic heterocycles. The summed E-state index contributed by atoms with van der Waals surface area (Å²) in [7, 11) is -1.96. The van der Waals surface area contributed by atoms with Gasteiger partial charge in [-0.05, 0) is 55.8 Å². The fourth-order valence-electron chi connectivity index (χ4n) is 3.32. The van der Waals surface area contributed by atoms with Gasteiger partial charge < -0.3 is 4.74 Å². The highest BCUT2D eigenvalue weighted by molar-refractivity contribution is 7.98. The number of nitrogens with one attached hydrogen (secondary N) is 1. The zero-order valence-electron chi connectivity index (χ0n) is 16.2. The Morgan fingerprint density at radius 1 is 1.25 bits per heavy atom. The lowest BCUT2D eigenvalue weighted by Crippen LogP contribution is -2.40. The molecular weight excluding hydrogens is 396 g/mol. The van der Waals surface area contributed by atoms with Crippen LogP contribution in [-0.4, -0.2) is 56.3 Å². The Morgan fingerprint density at radius 3 is 2.61 bits per heavy atom. The molecule has 9 heteroatoms. The number of hydrogen-bond donors (Lipinski definition) is 1. The van der Waals surface area contributed by atoms with E-state index in [4.69, 9.17) is 4.74 Å². The molecule has 0 saturated carbocycles. The third-order valence-corrected chi connectivity index (χ3v) is 6.82. The quantitative estimate of drug-likeness (QED) is 0.516. The average Bonchev–Trinajstić information content (AvgIpc) is 2.73. The SMILES string of the molecule is COc1ccc(S(=O)(=O)NCC2CCCN(Cc3cnc(SC)nc3)C2)cc1. The van der Waals surface area contributed by atoms with E-state index in [1.165, 1.54) is 11.8 Å². The molecule has 2 aromatic rings. The van der Waals surface area contributed by atoms with Gasteiger partial charge in [0.2, 0.25) is 10.0 Å². The molecule has 152 valence electrons. The standard InChI is InChI=1S/C19H26N4O3S2/c1-26-17-5-7-18(8-6-17)28(24,25)22-12-15-4-3-9-23(13-15)14-16-10-20-19(27-2)21-11-16/h5-8,10-11,15,22H,3-4,9,12-14H2,1-2H3. The summed E-state index contributed by atoms with van der Waals surface area (Å²) in [6.45, 7) is 3.09. The van der Waals surface area contributed by atoms with Gasteiger partial charge in [0.1, 0.15) is 5.75 Å². The molecule has 1 aromatic carbocycles. The van der Waals surface area contributed by atoms with Crippen molar-refractivity contribution in [2.45, 2.75) is 29.4 Å². The van der Waals surface area contributed by atoms with E-state index in [1.54, 1.807) is 31.4 Å². The number of aromatic nitrogens is 2. The molecule has 1 fully saturated rings. The molecule has 3 rings (SSSR count). The number of rotatable bonds is 8. The summed E-state index contributed by atoms with van der Waals surface area (Å²) < 4.78 is 32.9. The second kappa shape index (κ2) is 9.69. The molecule has 1 atom stereocenters. The Kier molecular flexibility index (Phi) is 7.28. The molecule has 1 N–H and O–H groups in total. The van der Waals surface area contributed by atoms with Crippen molar-refractivity contribution in [3.8, 4) is 5.75 Å². The first-order chi connectivity index (χ1) is 13.5. The summed E-state index contributed by atoms with van der Waals surface area (Å²) in [6.07, 6.45) is 7.77. The van der Waals surface area contributed by atoms with Crippen molar-refractivity contribution in [2.24, 2.45) is 5.92 Å². The van der Waals surface area contributed by atoms with Crippen molar-refractivity contribution < 1.29 is 13.2 Å². The molecule has 2 heterocycles. The number of nitrogens with zero attached hydrogens (tertiary/aromatic N) is 3. The number of ether oxygens (including phenoxy) is 1. The van der Waals surface area contributed by atoms with E-state index in [2.05, 4.69) is 19.6 Å². The van der Waals surface area contributed by atoms with Crippen LogP contribution in [0.3, 0.4) is 0 Å². The highest BCUT2D eigenvalue weighted by Crippen LogP contribution is 2.20. The first-order valence-corrected chi connectivity index (χ1v) is 11.9. The topological polar surface area (TPSA) is 84.4 Å². The van der Waals surface area contributed by atoms with E-state index in [1.807, 2.05) is 18.6 Å². The molecule has 1 aromatic heterocycles. The highest BCUT2D eigenvalue weighted by atomic mass is 32.2. The second-order valence-electron chi connectivity index (χ2n) is 6.85. The summed E-state index contributed by atoms with van der Waals surface area (Å²) >= 11 is 1.53. The largest absolute Gasteiger partial charge is 0.497 e. The molecule has 1 saturated heterocycles. The van der Waals surface area contributed by atoms with Gasteiger partial charge in [-0.3, -0.25) is 4.90 Å². The van der Waals surface area contributed by atoms with Gasteiger partial charge in [0.25, 0.3) is 0 Å². The van der Waals surface area contributed by atoms with Gasteiger partial charge in [0, 0.05) is 37.6 Å². The number of likely N-dealkylation sites (tertiary alicyclic amines) is 1. The maximum atomic E-state index is 12.5. The minimum Gasteiger partial charge on any atom is -0.497 e. The van der Waals surface area contributed by atoms with E-state index in [0.29, 0.717) is 12.3 Å². The van der Waals surface area contributed by atoms with Crippen LogP contribution in [0.15, 0.2) is 46.7 Å². The van der Waals surface area contributed by atoms with Gasteiger partial charge in [-0.2, -0.15) is 0 Å². The number of benzene rings is 1. The predicted molar refractivity (Wildman–Crippen MR) is 110 cm³/mol. The Hall–Kier alpha value is -1.68. The van der Waals surface area contributed by atoms with Crippen LogP contribution in [0.4, 0.5) is 0 Å². The van der Waals surface area contributed by atoms with Crippen LogP contribution in [0.1, 0.15) is 18.4 Å². The molecule has 0 spiro atoms. The Morgan fingerprint density at radius 2 is 1.96 bits per heavy atom. The zero-order chi connectivity index (χ0) is 20.0. The van der Waals surface area contributed by atoms with Crippen LogP contribution in [-0.2, 0) is 16.6 Å². The normalized spacial score (nSPS) is 18.1. The van der Waals surface area contributed by atoms with E-state index >= 15 is 0 Å². The third kappa shape index (κ3) is 5.66. The minimum absolute atomic E-state index is 0.256. The molecule has 28 heavy (non-hydrogen) atoms. The number of thioether (sulfide) groups is 1. The maximum absolute atomic E-state index is 12.5. The monoisotopic (exact) mass is 422 g/mol. The lowest BCUT2D eigenvalue weighted by Gasteiger charge is -2.32. The number of hydrogen-bond acceptors (Lipinski definition) is 7. The summed E-state index contributed by atoms with van der Waals surface area (Å²) in [5.41, 5.74) is 1.08. The Balaban J connectivity index is 1.53. The van der Waals surface area contributed by atoms with E-state index < -0.39 is 10.0 Å². The molecule has 0 amide bonds.